The van der Waals surface area contributed by atoms with E-state index in [9.17, 15) is 9.59 Å². The molecule has 1 saturated heterocycles. The summed E-state index contributed by atoms with van der Waals surface area (Å²) in [5, 5.41) is 0. The fraction of sp³-hybridized carbons (Fsp3) is 0.368. The maximum absolute atomic E-state index is 12.5. The summed E-state index contributed by atoms with van der Waals surface area (Å²) in [5.74, 6) is 0.661. The van der Waals surface area contributed by atoms with Crippen molar-refractivity contribution in [3.63, 3.8) is 0 Å². The first kappa shape index (κ1) is 17.7. The quantitative estimate of drug-likeness (QED) is 0.789. The average Bonchev–Trinajstić information content (AvgIpc) is 2.60. The molecule has 5 nitrogen and oxygen atoms in total. The lowest BCUT2D eigenvalue weighted by atomic mass is 10.1. The third-order valence-corrected chi connectivity index (χ3v) is 5.13. The Morgan fingerprint density at radius 3 is 2.40 bits per heavy atom. The van der Waals surface area contributed by atoms with Crippen LogP contribution in [0.15, 0.2) is 45.7 Å². The van der Waals surface area contributed by atoms with Crippen LogP contribution < -0.4 is 10.3 Å². The van der Waals surface area contributed by atoms with Gasteiger partial charge in [0.15, 0.2) is 0 Å². The molecule has 1 aromatic heterocycles. The molecule has 25 heavy (non-hydrogen) atoms. The molecule has 0 aliphatic carbocycles. The summed E-state index contributed by atoms with van der Waals surface area (Å²) in [6.45, 7) is 3.19. The summed E-state index contributed by atoms with van der Waals surface area (Å²) in [6, 6.07) is 10.8. The van der Waals surface area contributed by atoms with Crippen LogP contribution in [0.2, 0.25) is 0 Å². The number of likely N-dealkylation sites (tertiary alicyclic amines) is 1. The van der Waals surface area contributed by atoms with Crippen LogP contribution in [0.3, 0.4) is 0 Å². The monoisotopic (exact) mass is 404 g/mol. The summed E-state index contributed by atoms with van der Waals surface area (Å²) in [5.41, 5.74) is 1.49. The number of halogens is 1. The fourth-order valence-corrected chi connectivity index (χ4v) is 3.21. The van der Waals surface area contributed by atoms with Gasteiger partial charge in [0.25, 0.3) is 11.5 Å². The van der Waals surface area contributed by atoms with Crippen molar-refractivity contribution in [2.24, 2.45) is 7.05 Å². The van der Waals surface area contributed by atoms with Gasteiger partial charge in [0.2, 0.25) is 0 Å². The van der Waals surface area contributed by atoms with Crippen molar-refractivity contribution in [3.05, 3.63) is 62.5 Å². The zero-order valence-corrected chi connectivity index (χ0v) is 16.0. The van der Waals surface area contributed by atoms with Crippen LogP contribution in [-0.2, 0) is 7.05 Å². The normalized spacial score (nSPS) is 15.2. The van der Waals surface area contributed by atoms with Gasteiger partial charge in [-0.2, -0.15) is 0 Å². The molecule has 0 bridgehead atoms. The summed E-state index contributed by atoms with van der Waals surface area (Å²) >= 11 is 3.38. The Hall–Kier alpha value is -2.08. The van der Waals surface area contributed by atoms with Crippen molar-refractivity contribution in [1.82, 2.24) is 9.47 Å². The number of rotatable bonds is 3. The number of amides is 1. The third-order valence-electron chi connectivity index (χ3n) is 4.60. The Bertz CT molecular complexity index is 822. The highest BCUT2D eigenvalue weighted by Gasteiger charge is 2.24. The van der Waals surface area contributed by atoms with E-state index in [1.165, 1.54) is 6.07 Å². The molecule has 3 rings (SSSR count). The van der Waals surface area contributed by atoms with Crippen molar-refractivity contribution in [2.75, 3.05) is 13.1 Å². The predicted molar refractivity (Wildman–Crippen MR) is 100 cm³/mol. The van der Waals surface area contributed by atoms with Crippen LogP contribution in [0.4, 0.5) is 0 Å². The number of benzene rings is 1. The summed E-state index contributed by atoms with van der Waals surface area (Å²) < 4.78 is 8.51. The van der Waals surface area contributed by atoms with Crippen molar-refractivity contribution >= 4 is 21.8 Å². The standard InChI is InChI=1S/C19H21BrN2O3/c1-13-11-17(12-18(23)21(13)2)25-16-7-9-22(10-8-16)19(24)14-3-5-15(20)6-4-14/h3-6,11-12,16H,7-10H2,1-2H3. The van der Waals surface area contributed by atoms with Crippen LogP contribution in [0.25, 0.3) is 0 Å². The molecule has 1 aliphatic rings. The van der Waals surface area contributed by atoms with E-state index in [4.69, 9.17) is 4.74 Å². The molecule has 0 N–H and O–H groups in total. The Kier molecular flexibility index (Phi) is 5.27. The highest BCUT2D eigenvalue weighted by Crippen LogP contribution is 2.20. The van der Waals surface area contributed by atoms with E-state index in [-0.39, 0.29) is 17.6 Å². The lowest BCUT2D eigenvalue weighted by Crippen LogP contribution is -2.41. The molecule has 2 heterocycles. The van der Waals surface area contributed by atoms with Crippen LogP contribution >= 0.6 is 15.9 Å². The molecular formula is C19H21BrN2O3. The Morgan fingerprint density at radius 1 is 1.16 bits per heavy atom. The van der Waals surface area contributed by atoms with Gasteiger partial charge in [-0.25, -0.2) is 0 Å². The number of piperidine rings is 1. The number of hydrogen-bond donors (Lipinski definition) is 0. The van der Waals surface area contributed by atoms with Crippen molar-refractivity contribution < 1.29 is 9.53 Å². The number of aryl methyl sites for hydroxylation is 1. The van der Waals surface area contributed by atoms with Crippen LogP contribution in [0.5, 0.6) is 5.75 Å². The zero-order valence-electron chi connectivity index (χ0n) is 14.4. The largest absolute Gasteiger partial charge is 0.490 e. The lowest BCUT2D eigenvalue weighted by molar-refractivity contribution is 0.0595. The van der Waals surface area contributed by atoms with Gasteiger partial charge in [-0.15, -0.1) is 0 Å². The van der Waals surface area contributed by atoms with E-state index in [1.807, 2.05) is 42.2 Å². The SMILES string of the molecule is Cc1cc(OC2CCN(C(=O)c3ccc(Br)cc3)CC2)cc(=O)n1C. The fourth-order valence-electron chi connectivity index (χ4n) is 2.95. The maximum Gasteiger partial charge on any atom is 0.254 e. The summed E-state index contributed by atoms with van der Waals surface area (Å²) in [6.07, 6.45) is 1.55. The van der Waals surface area contributed by atoms with E-state index in [1.54, 1.807) is 11.6 Å². The number of pyridine rings is 1. The van der Waals surface area contributed by atoms with E-state index >= 15 is 0 Å². The van der Waals surface area contributed by atoms with Crippen LogP contribution in [0, 0.1) is 6.92 Å². The molecule has 0 unspecified atom stereocenters. The average molecular weight is 405 g/mol. The van der Waals surface area contributed by atoms with E-state index in [0.717, 1.165) is 23.0 Å². The molecule has 0 atom stereocenters. The lowest BCUT2D eigenvalue weighted by Gasteiger charge is -2.32. The second kappa shape index (κ2) is 7.44. The number of carbonyl (C=O) groups is 1. The first-order chi connectivity index (χ1) is 11.9. The highest BCUT2D eigenvalue weighted by atomic mass is 79.9. The number of ether oxygens (including phenoxy) is 1. The number of carbonyl (C=O) groups excluding carboxylic acids is 1. The van der Waals surface area contributed by atoms with E-state index < -0.39 is 0 Å². The minimum Gasteiger partial charge on any atom is -0.490 e. The molecule has 0 saturated carbocycles. The first-order valence-electron chi connectivity index (χ1n) is 8.33. The van der Waals surface area contributed by atoms with Gasteiger partial charge in [0.05, 0.1) is 0 Å². The molecular weight excluding hydrogens is 384 g/mol. The maximum atomic E-state index is 12.5. The zero-order chi connectivity index (χ0) is 18.0. The molecule has 0 spiro atoms. The Balaban J connectivity index is 1.59. The second-order valence-electron chi connectivity index (χ2n) is 6.35. The molecule has 1 fully saturated rings. The molecule has 2 aromatic rings. The predicted octanol–water partition coefficient (Wildman–Crippen LogP) is 3.14. The van der Waals surface area contributed by atoms with Gasteiger partial charge in [0, 0.05) is 54.8 Å². The molecule has 0 radical (unpaired) electrons. The smallest absolute Gasteiger partial charge is 0.254 e. The van der Waals surface area contributed by atoms with Gasteiger partial charge >= 0.3 is 0 Å². The summed E-state index contributed by atoms with van der Waals surface area (Å²) in [4.78, 5) is 26.2. The minimum atomic E-state index is -0.0714. The van der Waals surface area contributed by atoms with Crippen LogP contribution in [-0.4, -0.2) is 34.6 Å². The minimum absolute atomic E-state index is 0.0282. The van der Waals surface area contributed by atoms with Gasteiger partial charge in [-0.1, -0.05) is 15.9 Å². The van der Waals surface area contributed by atoms with Gasteiger partial charge in [0.1, 0.15) is 11.9 Å². The van der Waals surface area contributed by atoms with Crippen molar-refractivity contribution in [3.8, 4) is 5.75 Å². The van der Waals surface area contributed by atoms with Gasteiger partial charge in [-0.3, -0.25) is 9.59 Å². The summed E-state index contributed by atoms with van der Waals surface area (Å²) in [7, 11) is 1.74. The Labute approximate surface area is 155 Å². The molecule has 132 valence electrons. The van der Waals surface area contributed by atoms with Crippen molar-refractivity contribution in [1.29, 1.82) is 0 Å². The third kappa shape index (κ3) is 4.12. The van der Waals surface area contributed by atoms with Crippen LogP contribution in [0.1, 0.15) is 28.9 Å². The molecule has 1 amide bonds. The highest BCUT2D eigenvalue weighted by molar-refractivity contribution is 9.10. The van der Waals surface area contributed by atoms with Gasteiger partial charge in [-0.05, 0) is 37.3 Å². The van der Waals surface area contributed by atoms with E-state index in [2.05, 4.69) is 15.9 Å². The Morgan fingerprint density at radius 2 is 1.80 bits per heavy atom. The second-order valence-corrected chi connectivity index (χ2v) is 7.26. The molecule has 1 aromatic carbocycles. The van der Waals surface area contributed by atoms with Gasteiger partial charge < -0.3 is 14.2 Å². The molecule has 1 aliphatic heterocycles. The number of aromatic nitrogens is 1. The van der Waals surface area contributed by atoms with Crippen molar-refractivity contribution in [2.45, 2.75) is 25.9 Å². The first-order valence-corrected chi connectivity index (χ1v) is 9.12. The number of hydrogen-bond acceptors (Lipinski definition) is 3. The van der Waals surface area contributed by atoms with E-state index in [0.29, 0.717) is 24.4 Å². The molecule has 6 heteroatoms. The number of nitrogens with zero attached hydrogens (tertiary/aromatic N) is 2. The topological polar surface area (TPSA) is 51.5 Å².